The Labute approximate surface area is 194 Å². The number of anilines is 1. The summed E-state index contributed by atoms with van der Waals surface area (Å²) in [5.41, 5.74) is 0.763. The third-order valence-electron chi connectivity index (χ3n) is 7.33. The number of aromatic nitrogens is 3. The average Bonchev–Trinajstić information content (AvgIpc) is 2.77. The van der Waals surface area contributed by atoms with Crippen molar-refractivity contribution in [2.45, 2.75) is 51.5 Å². The molecule has 168 valence electrons. The maximum Gasteiger partial charge on any atom is 0.280 e. The first-order chi connectivity index (χ1) is 15.4. The highest BCUT2D eigenvalue weighted by atomic mass is 79.9. The van der Waals surface area contributed by atoms with Crippen LogP contribution in [-0.2, 0) is 22.6 Å². The van der Waals surface area contributed by atoms with Crippen LogP contribution in [-0.4, -0.2) is 27.0 Å². The molecule has 4 saturated carbocycles. The molecule has 6 rings (SSSR count). The van der Waals surface area contributed by atoms with Crippen molar-refractivity contribution < 1.29 is 9.59 Å². The molecule has 4 aliphatic rings. The van der Waals surface area contributed by atoms with Gasteiger partial charge in [0.2, 0.25) is 11.8 Å². The molecule has 0 saturated heterocycles. The Kier molecular flexibility index (Phi) is 5.61. The van der Waals surface area contributed by atoms with Crippen LogP contribution in [0.5, 0.6) is 0 Å². The van der Waals surface area contributed by atoms with Gasteiger partial charge in [-0.2, -0.15) is 5.10 Å². The van der Waals surface area contributed by atoms with Crippen LogP contribution < -0.4 is 16.2 Å². The Bertz CT molecular complexity index is 1070. The minimum absolute atomic E-state index is 0.0388. The lowest BCUT2D eigenvalue weighted by molar-refractivity contribution is -0.140. The van der Waals surface area contributed by atoms with Gasteiger partial charge in [-0.05, 0) is 89.9 Å². The van der Waals surface area contributed by atoms with Crippen LogP contribution in [0.1, 0.15) is 49.8 Å². The van der Waals surface area contributed by atoms with Crippen molar-refractivity contribution in [3.63, 3.8) is 0 Å². The number of aromatic amines is 1. The highest BCUT2D eigenvalue weighted by Gasteiger charge is 2.54. The summed E-state index contributed by atoms with van der Waals surface area (Å²) in [5.74, 6) is 1.60. The van der Waals surface area contributed by atoms with Gasteiger partial charge in [-0.3, -0.25) is 19.4 Å². The van der Waals surface area contributed by atoms with Crippen molar-refractivity contribution in [2.75, 3.05) is 5.32 Å². The molecule has 4 fully saturated rings. The number of amides is 2. The molecule has 0 spiro atoms. The van der Waals surface area contributed by atoms with Crippen LogP contribution in [0, 0.1) is 23.2 Å². The fourth-order valence-corrected chi connectivity index (χ4v) is 6.69. The van der Waals surface area contributed by atoms with Gasteiger partial charge in [-0.25, -0.2) is 5.10 Å². The van der Waals surface area contributed by atoms with Gasteiger partial charge < -0.3 is 10.6 Å². The summed E-state index contributed by atoms with van der Waals surface area (Å²) in [6.45, 7) is 0.362. The molecule has 8 nitrogen and oxygen atoms in total. The van der Waals surface area contributed by atoms with E-state index in [1.165, 1.54) is 19.3 Å². The van der Waals surface area contributed by atoms with E-state index in [1.807, 2.05) is 12.1 Å². The summed E-state index contributed by atoms with van der Waals surface area (Å²) in [7, 11) is 0. The smallest absolute Gasteiger partial charge is 0.280 e. The summed E-state index contributed by atoms with van der Waals surface area (Å²) in [6, 6.07) is 3.65. The fraction of sp³-hybridized carbons (Fsp3) is 0.522. The molecule has 32 heavy (non-hydrogen) atoms. The minimum atomic E-state index is -0.438. The first-order valence-electron chi connectivity index (χ1n) is 11.2. The zero-order valence-corrected chi connectivity index (χ0v) is 19.3. The molecule has 4 aliphatic carbocycles. The van der Waals surface area contributed by atoms with E-state index in [0.29, 0.717) is 35.7 Å². The maximum atomic E-state index is 13.5. The summed E-state index contributed by atoms with van der Waals surface area (Å²) in [6.07, 6.45) is 9.75. The number of nitrogens with zero attached hydrogens (tertiary/aromatic N) is 2. The lowest BCUT2D eigenvalue weighted by Crippen LogP contribution is -2.52. The standard InChI is InChI=1S/C23H26BrN5O3/c24-19-20(27-22(32)23-9-14-5-15(10-23)7-16(6-14)11-23)17(28-29-21(19)31)8-18(30)26-12-13-1-3-25-4-2-13/h1-4,14-16H,5-12H2,(H,26,30)(H2,27,29,31,32). The summed E-state index contributed by atoms with van der Waals surface area (Å²) >= 11 is 3.30. The quantitative estimate of drug-likeness (QED) is 0.564. The van der Waals surface area contributed by atoms with E-state index in [9.17, 15) is 14.4 Å². The molecule has 0 radical (unpaired) electrons. The van der Waals surface area contributed by atoms with Crippen LogP contribution in [0.2, 0.25) is 0 Å². The summed E-state index contributed by atoms with van der Waals surface area (Å²) in [5, 5.41) is 12.3. The van der Waals surface area contributed by atoms with E-state index in [-0.39, 0.29) is 28.1 Å². The predicted octanol–water partition coefficient (Wildman–Crippen LogP) is 2.94. The van der Waals surface area contributed by atoms with E-state index in [2.05, 4.69) is 41.7 Å². The first kappa shape index (κ1) is 21.3. The molecule has 9 heteroatoms. The molecule has 0 unspecified atom stereocenters. The predicted molar refractivity (Wildman–Crippen MR) is 122 cm³/mol. The van der Waals surface area contributed by atoms with E-state index in [0.717, 1.165) is 24.8 Å². The number of hydrogen-bond acceptors (Lipinski definition) is 5. The van der Waals surface area contributed by atoms with Crippen LogP contribution in [0.4, 0.5) is 5.69 Å². The van der Waals surface area contributed by atoms with Gasteiger partial charge in [0.15, 0.2) is 0 Å². The first-order valence-corrected chi connectivity index (χ1v) is 12.0. The van der Waals surface area contributed by atoms with E-state index in [4.69, 9.17) is 0 Å². The van der Waals surface area contributed by atoms with Gasteiger partial charge in [-0.1, -0.05) is 0 Å². The van der Waals surface area contributed by atoms with E-state index >= 15 is 0 Å². The average molecular weight is 500 g/mol. The molecule has 3 N–H and O–H groups in total. The van der Waals surface area contributed by atoms with E-state index in [1.54, 1.807) is 12.4 Å². The fourth-order valence-electron chi connectivity index (χ4n) is 6.27. The summed E-state index contributed by atoms with van der Waals surface area (Å²) < 4.78 is 0.197. The highest BCUT2D eigenvalue weighted by Crippen LogP contribution is 2.60. The Balaban J connectivity index is 1.32. The van der Waals surface area contributed by atoms with Crippen LogP contribution in [0.25, 0.3) is 0 Å². The second-order valence-electron chi connectivity index (χ2n) is 9.65. The van der Waals surface area contributed by atoms with Gasteiger partial charge in [-0.15, -0.1) is 0 Å². The number of H-pyrrole nitrogens is 1. The number of carbonyl (C=O) groups excluding carboxylic acids is 2. The second kappa shape index (κ2) is 8.42. The maximum absolute atomic E-state index is 13.5. The molecular weight excluding hydrogens is 474 g/mol. The minimum Gasteiger partial charge on any atom is -0.352 e. The molecule has 2 heterocycles. The van der Waals surface area contributed by atoms with Crippen molar-refractivity contribution in [1.82, 2.24) is 20.5 Å². The molecule has 0 aromatic carbocycles. The Morgan fingerprint density at radius 3 is 2.34 bits per heavy atom. The van der Waals surface area contributed by atoms with Crippen molar-refractivity contribution in [1.29, 1.82) is 0 Å². The highest BCUT2D eigenvalue weighted by molar-refractivity contribution is 9.10. The second-order valence-corrected chi connectivity index (χ2v) is 10.4. The zero-order valence-electron chi connectivity index (χ0n) is 17.7. The topological polar surface area (TPSA) is 117 Å². The van der Waals surface area contributed by atoms with Crippen molar-refractivity contribution in [3.8, 4) is 0 Å². The Hall–Kier alpha value is -2.55. The van der Waals surface area contributed by atoms with Crippen molar-refractivity contribution >= 4 is 33.4 Å². The molecular formula is C23H26BrN5O3. The van der Waals surface area contributed by atoms with Crippen LogP contribution in [0.3, 0.4) is 0 Å². The molecule has 4 bridgehead atoms. The van der Waals surface area contributed by atoms with Crippen LogP contribution >= 0.6 is 15.9 Å². The number of rotatable bonds is 6. The SMILES string of the molecule is O=C(Cc1n[nH]c(=O)c(Br)c1NC(=O)C12CC3CC(CC(C3)C1)C2)NCc1ccncc1. The van der Waals surface area contributed by atoms with Crippen LogP contribution in [0.15, 0.2) is 33.8 Å². The molecule has 2 amide bonds. The number of hydrogen-bond donors (Lipinski definition) is 3. The third-order valence-corrected chi connectivity index (χ3v) is 8.08. The van der Waals surface area contributed by atoms with Gasteiger partial charge >= 0.3 is 0 Å². The molecule has 0 atom stereocenters. The zero-order chi connectivity index (χ0) is 22.3. The third kappa shape index (κ3) is 4.10. The number of carbonyl (C=O) groups is 2. The van der Waals surface area contributed by atoms with Gasteiger partial charge in [0, 0.05) is 18.9 Å². The number of halogens is 1. The lowest BCUT2D eigenvalue weighted by Gasteiger charge is -2.55. The Morgan fingerprint density at radius 2 is 1.72 bits per heavy atom. The summed E-state index contributed by atoms with van der Waals surface area (Å²) in [4.78, 5) is 42.2. The van der Waals surface area contributed by atoms with Gasteiger partial charge in [0.05, 0.1) is 23.2 Å². The molecule has 2 aromatic rings. The lowest BCUT2D eigenvalue weighted by atomic mass is 9.49. The van der Waals surface area contributed by atoms with Gasteiger partial charge in [0.25, 0.3) is 5.56 Å². The monoisotopic (exact) mass is 499 g/mol. The number of nitrogens with one attached hydrogen (secondary N) is 3. The van der Waals surface area contributed by atoms with E-state index < -0.39 is 5.56 Å². The van der Waals surface area contributed by atoms with Gasteiger partial charge in [0.1, 0.15) is 4.47 Å². The molecule has 0 aliphatic heterocycles. The largest absolute Gasteiger partial charge is 0.352 e. The molecule has 2 aromatic heterocycles. The Morgan fingerprint density at radius 1 is 1.09 bits per heavy atom. The van der Waals surface area contributed by atoms with Crippen molar-refractivity contribution in [3.05, 3.63) is 50.6 Å². The number of pyridine rings is 1. The normalized spacial score (nSPS) is 27.8. The van der Waals surface area contributed by atoms with Crippen molar-refractivity contribution in [2.24, 2.45) is 23.2 Å².